The van der Waals surface area contributed by atoms with Crippen LogP contribution in [-0.2, 0) is 0 Å². The quantitative estimate of drug-likeness (QED) is 0.873. The van der Waals surface area contributed by atoms with E-state index in [2.05, 4.69) is 21.2 Å². The lowest BCUT2D eigenvalue weighted by molar-refractivity contribution is 0.0943. The fraction of sp³-hybridized carbons (Fsp3) is 0.500. The molecule has 0 spiro atoms. The molecule has 0 radical (unpaired) electrons. The van der Waals surface area contributed by atoms with Gasteiger partial charge < -0.3 is 5.32 Å². The van der Waals surface area contributed by atoms with Gasteiger partial charge in [-0.25, -0.2) is 0 Å². The number of nitrogens with one attached hydrogen (secondary N) is 1. The van der Waals surface area contributed by atoms with Gasteiger partial charge in [0.2, 0.25) is 0 Å². The summed E-state index contributed by atoms with van der Waals surface area (Å²) in [5.74, 6) is 0.556. The van der Waals surface area contributed by atoms with Crippen LogP contribution in [0.15, 0.2) is 22.7 Å². The molecule has 1 aliphatic rings. The molecule has 0 aromatic heterocycles. The van der Waals surface area contributed by atoms with Gasteiger partial charge in [0, 0.05) is 11.0 Å². The summed E-state index contributed by atoms with van der Waals surface area (Å²) >= 11 is 9.43. The summed E-state index contributed by atoms with van der Waals surface area (Å²) in [6.45, 7) is 0.766. The molecular weight excluding hydrogens is 314 g/mol. The molecule has 1 saturated carbocycles. The fourth-order valence-electron chi connectivity index (χ4n) is 2.40. The van der Waals surface area contributed by atoms with Gasteiger partial charge in [0.05, 0.1) is 10.6 Å². The van der Waals surface area contributed by atoms with Gasteiger partial charge in [0.1, 0.15) is 0 Å². The van der Waals surface area contributed by atoms with E-state index < -0.39 is 0 Å². The van der Waals surface area contributed by atoms with E-state index in [-0.39, 0.29) is 5.91 Å². The first kappa shape index (κ1) is 13.9. The Hall–Kier alpha value is -0.540. The Balaban J connectivity index is 1.93. The minimum Gasteiger partial charge on any atom is -0.352 e. The standard InChI is InChI=1S/C14H17BrClNO/c15-12-8-4-7-11(13(12)16)14(18)17-9-10-5-2-1-3-6-10/h4,7-8,10H,1-3,5-6,9H2,(H,17,18). The van der Waals surface area contributed by atoms with Gasteiger partial charge in [-0.2, -0.15) is 0 Å². The number of benzene rings is 1. The van der Waals surface area contributed by atoms with Crippen molar-refractivity contribution in [1.82, 2.24) is 5.32 Å². The molecule has 4 heteroatoms. The van der Waals surface area contributed by atoms with Crippen molar-refractivity contribution in [1.29, 1.82) is 0 Å². The smallest absolute Gasteiger partial charge is 0.252 e. The number of amides is 1. The second-order valence-corrected chi connectivity index (χ2v) is 6.05. The Morgan fingerprint density at radius 1 is 1.33 bits per heavy atom. The number of carbonyl (C=O) groups excluding carboxylic acids is 1. The van der Waals surface area contributed by atoms with Crippen molar-refractivity contribution in [2.24, 2.45) is 5.92 Å². The van der Waals surface area contributed by atoms with Crippen molar-refractivity contribution >= 4 is 33.4 Å². The monoisotopic (exact) mass is 329 g/mol. The number of halogens is 2. The lowest BCUT2D eigenvalue weighted by atomic mass is 9.89. The van der Waals surface area contributed by atoms with Crippen LogP contribution in [0.1, 0.15) is 42.5 Å². The molecule has 18 heavy (non-hydrogen) atoms. The average Bonchev–Trinajstić information content (AvgIpc) is 2.40. The SMILES string of the molecule is O=C(NCC1CCCCC1)c1cccc(Br)c1Cl. The summed E-state index contributed by atoms with van der Waals surface area (Å²) in [6.07, 6.45) is 6.37. The molecule has 1 aromatic carbocycles. The maximum Gasteiger partial charge on any atom is 0.252 e. The second kappa shape index (κ2) is 6.58. The van der Waals surface area contributed by atoms with E-state index in [9.17, 15) is 4.79 Å². The lowest BCUT2D eigenvalue weighted by Gasteiger charge is -2.21. The number of rotatable bonds is 3. The van der Waals surface area contributed by atoms with Crippen molar-refractivity contribution in [2.45, 2.75) is 32.1 Å². The molecule has 1 aromatic rings. The molecule has 0 heterocycles. The molecule has 0 atom stereocenters. The molecule has 1 amide bonds. The molecule has 1 N–H and O–H groups in total. The van der Waals surface area contributed by atoms with Crippen molar-refractivity contribution in [3.8, 4) is 0 Å². The van der Waals surface area contributed by atoms with E-state index in [4.69, 9.17) is 11.6 Å². The first-order valence-electron chi connectivity index (χ1n) is 6.40. The van der Waals surface area contributed by atoms with Crippen LogP contribution in [0.4, 0.5) is 0 Å². The minimum atomic E-state index is -0.0770. The van der Waals surface area contributed by atoms with Crippen molar-refractivity contribution in [2.75, 3.05) is 6.54 Å². The number of hydrogen-bond acceptors (Lipinski definition) is 1. The highest BCUT2D eigenvalue weighted by Gasteiger charge is 2.16. The van der Waals surface area contributed by atoms with Crippen LogP contribution in [0.5, 0.6) is 0 Å². The van der Waals surface area contributed by atoms with Crippen LogP contribution in [0.3, 0.4) is 0 Å². The second-order valence-electron chi connectivity index (χ2n) is 4.82. The summed E-state index contributed by atoms with van der Waals surface area (Å²) < 4.78 is 0.759. The summed E-state index contributed by atoms with van der Waals surface area (Å²) in [5.41, 5.74) is 0.543. The van der Waals surface area contributed by atoms with Gasteiger partial charge in [-0.3, -0.25) is 4.79 Å². The number of hydrogen-bond donors (Lipinski definition) is 1. The summed E-state index contributed by atoms with van der Waals surface area (Å²) in [5, 5.41) is 3.48. The Morgan fingerprint density at radius 2 is 2.06 bits per heavy atom. The minimum absolute atomic E-state index is 0.0770. The maximum absolute atomic E-state index is 12.0. The summed E-state index contributed by atoms with van der Waals surface area (Å²) in [7, 11) is 0. The lowest BCUT2D eigenvalue weighted by Crippen LogP contribution is -2.30. The molecule has 0 unspecified atom stereocenters. The fourth-order valence-corrected chi connectivity index (χ4v) is 2.98. The zero-order valence-electron chi connectivity index (χ0n) is 10.2. The predicted molar refractivity (Wildman–Crippen MR) is 78.1 cm³/mol. The summed E-state index contributed by atoms with van der Waals surface area (Å²) in [4.78, 5) is 12.0. The molecule has 0 aliphatic heterocycles. The zero-order valence-corrected chi connectivity index (χ0v) is 12.6. The largest absolute Gasteiger partial charge is 0.352 e. The Bertz CT molecular complexity index is 430. The van der Waals surface area contributed by atoms with E-state index in [0.29, 0.717) is 16.5 Å². The van der Waals surface area contributed by atoms with Gasteiger partial charge in [-0.15, -0.1) is 0 Å². The van der Waals surface area contributed by atoms with Crippen LogP contribution in [0.2, 0.25) is 5.02 Å². The van der Waals surface area contributed by atoms with Crippen LogP contribution < -0.4 is 5.32 Å². The molecule has 2 nitrogen and oxygen atoms in total. The highest BCUT2D eigenvalue weighted by Crippen LogP contribution is 2.26. The van der Waals surface area contributed by atoms with Gasteiger partial charge in [-0.05, 0) is 46.8 Å². The topological polar surface area (TPSA) is 29.1 Å². The molecule has 98 valence electrons. The van der Waals surface area contributed by atoms with Crippen LogP contribution >= 0.6 is 27.5 Å². The third-order valence-corrected chi connectivity index (χ3v) is 4.77. The zero-order chi connectivity index (χ0) is 13.0. The van der Waals surface area contributed by atoms with Crippen molar-refractivity contribution < 1.29 is 4.79 Å². The molecule has 0 bridgehead atoms. The molecule has 1 aliphatic carbocycles. The normalized spacial score (nSPS) is 16.6. The van der Waals surface area contributed by atoms with Gasteiger partial charge in [0.25, 0.3) is 5.91 Å². The van der Waals surface area contributed by atoms with Gasteiger partial charge >= 0.3 is 0 Å². The Kier molecular flexibility index (Phi) is 5.07. The first-order valence-corrected chi connectivity index (χ1v) is 7.58. The molecular formula is C14H17BrClNO. The van der Waals surface area contributed by atoms with Crippen LogP contribution in [0.25, 0.3) is 0 Å². The molecule has 0 saturated heterocycles. The summed E-state index contributed by atoms with van der Waals surface area (Å²) in [6, 6.07) is 5.41. The third kappa shape index (κ3) is 3.48. The van der Waals surface area contributed by atoms with Crippen molar-refractivity contribution in [3.63, 3.8) is 0 Å². The average molecular weight is 331 g/mol. The van der Waals surface area contributed by atoms with Crippen LogP contribution in [0, 0.1) is 5.92 Å². The number of carbonyl (C=O) groups is 1. The van der Waals surface area contributed by atoms with Crippen molar-refractivity contribution in [3.05, 3.63) is 33.3 Å². The van der Waals surface area contributed by atoms with Crippen LogP contribution in [-0.4, -0.2) is 12.5 Å². The van der Waals surface area contributed by atoms with Gasteiger partial charge in [-0.1, -0.05) is 36.9 Å². The maximum atomic E-state index is 12.0. The van der Waals surface area contributed by atoms with E-state index in [1.54, 1.807) is 6.07 Å². The third-order valence-electron chi connectivity index (χ3n) is 3.47. The Morgan fingerprint density at radius 3 is 2.78 bits per heavy atom. The predicted octanol–water partition coefficient (Wildman–Crippen LogP) is 4.41. The highest BCUT2D eigenvalue weighted by atomic mass is 79.9. The Labute approximate surface area is 121 Å². The molecule has 1 fully saturated rings. The highest BCUT2D eigenvalue weighted by molar-refractivity contribution is 9.10. The van der Waals surface area contributed by atoms with E-state index in [1.165, 1.54) is 32.1 Å². The van der Waals surface area contributed by atoms with E-state index >= 15 is 0 Å². The van der Waals surface area contributed by atoms with E-state index in [1.807, 2.05) is 12.1 Å². The van der Waals surface area contributed by atoms with Gasteiger partial charge in [0.15, 0.2) is 0 Å². The van der Waals surface area contributed by atoms with E-state index in [0.717, 1.165) is 11.0 Å². The first-order chi connectivity index (χ1) is 8.68. The molecule has 2 rings (SSSR count).